The molecule has 2 N–H and O–H groups in total. The van der Waals surface area contributed by atoms with E-state index in [2.05, 4.69) is 20.7 Å². The van der Waals surface area contributed by atoms with Crippen LogP contribution in [0, 0.1) is 13.8 Å². The summed E-state index contributed by atoms with van der Waals surface area (Å²) in [5, 5.41) is 10.1. The lowest BCUT2D eigenvalue weighted by Gasteiger charge is -2.30. The van der Waals surface area contributed by atoms with Gasteiger partial charge in [-0.1, -0.05) is 25.3 Å². The molecule has 2 aliphatic rings. The van der Waals surface area contributed by atoms with Crippen molar-refractivity contribution in [3.8, 4) is 5.82 Å². The van der Waals surface area contributed by atoms with Gasteiger partial charge in [-0.3, -0.25) is 14.5 Å². The fraction of sp³-hybridized carbons (Fsp3) is 0.500. The highest BCUT2D eigenvalue weighted by atomic mass is 16.2. The maximum atomic E-state index is 12.8. The number of rotatable bonds is 6. The Morgan fingerprint density at radius 3 is 2.61 bits per heavy atom. The van der Waals surface area contributed by atoms with Crippen molar-refractivity contribution < 1.29 is 14.4 Å². The second-order valence-electron chi connectivity index (χ2n) is 8.42. The van der Waals surface area contributed by atoms with Crippen molar-refractivity contribution in [3.05, 3.63) is 41.3 Å². The van der Waals surface area contributed by atoms with Crippen LogP contribution in [0.4, 0.5) is 4.79 Å². The number of imide groups is 1. The van der Waals surface area contributed by atoms with Crippen molar-refractivity contribution >= 4 is 17.8 Å². The number of hydrogen-bond donors (Lipinski definition) is 2. The van der Waals surface area contributed by atoms with Gasteiger partial charge in [-0.2, -0.15) is 5.10 Å². The smallest absolute Gasteiger partial charge is 0.325 e. The number of carbonyl (C=O) groups excluding carboxylic acids is 3. The molecule has 0 bridgehead atoms. The van der Waals surface area contributed by atoms with Crippen LogP contribution < -0.4 is 10.6 Å². The molecule has 9 heteroatoms. The number of aromatic nitrogens is 3. The van der Waals surface area contributed by atoms with Gasteiger partial charge in [0, 0.05) is 31.4 Å². The van der Waals surface area contributed by atoms with E-state index >= 15 is 0 Å². The molecular weight excluding hydrogens is 396 g/mol. The van der Waals surface area contributed by atoms with Gasteiger partial charge in [-0.25, -0.2) is 14.5 Å². The standard InChI is InChI=1S/C22H28N6O3/c1-15-12-16(2)28(26-15)18-7-6-17(13-23-18)14-24-19(29)8-11-27-20(30)22(25-21(27)31)9-4-3-5-10-22/h6-7,12-13H,3-5,8-11,14H2,1-2H3,(H,24,29)(H,25,31). The highest BCUT2D eigenvalue weighted by Gasteiger charge is 2.51. The zero-order valence-electron chi connectivity index (χ0n) is 18.0. The first kappa shape index (κ1) is 21.0. The third-order valence-corrected chi connectivity index (χ3v) is 6.04. The SMILES string of the molecule is Cc1cc(C)n(-c2ccc(CNC(=O)CCN3C(=O)NC4(CCCCC4)C3=O)cn2)n1. The lowest BCUT2D eigenvalue weighted by atomic mass is 9.82. The van der Waals surface area contributed by atoms with Gasteiger partial charge in [0.25, 0.3) is 5.91 Å². The minimum Gasteiger partial charge on any atom is -0.352 e. The van der Waals surface area contributed by atoms with E-state index in [4.69, 9.17) is 0 Å². The number of aryl methyl sites for hydroxylation is 2. The minimum atomic E-state index is -0.745. The summed E-state index contributed by atoms with van der Waals surface area (Å²) >= 11 is 0. The molecule has 1 spiro atoms. The molecule has 2 fully saturated rings. The van der Waals surface area contributed by atoms with Crippen molar-refractivity contribution in [1.29, 1.82) is 0 Å². The molecule has 0 unspecified atom stereocenters. The average Bonchev–Trinajstić information content (AvgIpc) is 3.21. The molecule has 31 heavy (non-hydrogen) atoms. The largest absolute Gasteiger partial charge is 0.352 e. The molecule has 1 saturated heterocycles. The third kappa shape index (κ3) is 4.30. The van der Waals surface area contributed by atoms with E-state index in [-0.39, 0.29) is 30.8 Å². The number of hydrogen-bond acceptors (Lipinski definition) is 5. The summed E-state index contributed by atoms with van der Waals surface area (Å²) < 4.78 is 1.77. The Morgan fingerprint density at radius 2 is 1.97 bits per heavy atom. The number of nitrogens with one attached hydrogen (secondary N) is 2. The van der Waals surface area contributed by atoms with Crippen LogP contribution in [0.3, 0.4) is 0 Å². The molecule has 3 heterocycles. The van der Waals surface area contributed by atoms with E-state index in [9.17, 15) is 14.4 Å². The summed E-state index contributed by atoms with van der Waals surface area (Å²) in [5.74, 6) is 0.317. The first-order chi connectivity index (χ1) is 14.9. The number of carbonyl (C=O) groups is 3. The molecule has 4 rings (SSSR count). The van der Waals surface area contributed by atoms with Crippen LogP contribution in [0.1, 0.15) is 55.5 Å². The van der Waals surface area contributed by atoms with Gasteiger partial charge >= 0.3 is 6.03 Å². The zero-order valence-corrected chi connectivity index (χ0v) is 18.0. The maximum Gasteiger partial charge on any atom is 0.325 e. The van der Waals surface area contributed by atoms with Crippen LogP contribution in [0.2, 0.25) is 0 Å². The van der Waals surface area contributed by atoms with Crippen LogP contribution in [-0.2, 0) is 16.1 Å². The Labute approximate surface area is 181 Å². The molecule has 0 aromatic carbocycles. The molecule has 4 amide bonds. The quantitative estimate of drug-likeness (QED) is 0.691. The van der Waals surface area contributed by atoms with Crippen LogP contribution in [0.5, 0.6) is 0 Å². The normalized spacial score (nSPS) is 17.8. The average molecular weight is 425 g/mol. The van der Waals surface area contributed by atoms with E-state index < -0.39 is 5.54 Å². The molecule has 1 aliphatic carbocycles. The number of nitrogens with zero attached hydrogens (tertiary/aromatic N) is 4. The molecule has 9 nitrogen and oxygen atoms in total. The van der Waals surface area contributed by atoms with Crippen LogP contribution >= 0.6 is 0 Å². The lowest BCUT2D eigenvalue weighted by molar-refractivity contribution is -0.132. The number of pyridine rings is 1. The summed E-state index contributed by atoms with van der Waals surface area (Å²) in [6, 6.07) is 5.35. The van der Waals surface area contributed by atoms with E-state index in [0.29, 0.717) is 19.4 Å². The number of urea groups is 1. The van der Waals surface area contributed by atoms with E-state index in [0.717, 1.165) is 42.0 Å². The minimum absolute atomic E-state index is 0.0759. The van der Waals surface area contributed by atoms with Crippen molar-refractivity contribution in [1.82, 2.24) is 30.3 Å². The molecular formula is C22H28N6O3. The van der Waals surface area contributed by atoms with Crippen molar-refractivity contribution in [3.63, 3.8) is 0 Å². The predicted octanol–water partition coefficient (Wildman–Crippen LogP) is 2.15. The highest BCUT2D eigenvalue weighted by Crippen LogP contribution is 2.33. The van der Waals surface area contributed by atoms with Gasteiger partial charge in [-0.15, -0.1) is 0 Å². The second kappa shape index (κ2) is 8.49. The topological polar surface area (TPSA) is 109 Å². The Hall–Kier alpha value is -3.23. The van der Waals surface area contributed by atoms with Gasteiger partial charge in [0.2, 0.25) is 5.91 Å². The molecule has 2 aromatic rings. The molecule has 0 radical (unpaired) electrons. The Morgan fingerprint density at radius 1 is 1.19 bits per heavy atom. The van der Waals surface area contributed by atoms with Crippen molar-refractivity contribution in [2.75, 3.05) is 6.54 Å². The van der Waals surface area contributed by atoms with E-state index in [1.54, 1.807) is 10.9 Å². The zero-order chi connectivity index (χ0) is 22.0. The van der Waals surface area contributed by atoms with Gasteiger partial charge in [-0.05, 0) is 44.4 Å². The van der Waals surface area contributed by atoms with Crippen LogP contribution in [-0.4, -0.2) is 49.6 Å². The Balaban J connectivity index is 1.27. The highest BCUT2D eigenvalue weighted by molar-refractivity contribution is 6.07. The first-order valence-corrected chi connectivity index (χ1v) is 10.8. The molecule has 2 aromatic heterocycles. The van der Waals surface area contributed by atoms with Gasteiger partial charge in [0.1, 0.15) is 5.54 Å². The molecule has 1 aliphatic heterocycles. The van der Waals surface area contributed by atoms with E-state index in [1.807, 2.05) is 32.0 Å². The second-order valence-corrected chi connectivity index (χ2v) is 8.42. The van der Waals surface area contributed by atoms with Crippen molar-refractivity contribution in [2.24, 2.45) is 0 Å². The molecule has 164 valence electrons. The monoisotopic (exact) mass is 424 g/mol. The fourth-order valence-corrected chi connectivity index (χ4v) is 4.38. The predicted molar refractivity (Wildman–Crippen MR) is 113 cm³/mol. The van der Waals surface area contributed by atoms with E-state index in [1.165, 1.54) is 4.90 Å². The number of amides is 4. The van der Waals surface area contributed by atoms with Gasteiger partial charge in [0.15, 0.2) is 5.82 Å². The lowest BCUT2D eigenvalue weighted by Crippen LogP contribution is -2.48. The third-order valence-electron chi connectivity index (χ3n) is 6.04. The molecule has 1 saturated carbocycles. The van der Waals surface area contributed by atoms with Crippen molar-refractivity contribution in [2.45, 2.75) is 64.5 Å². The van der Waals surface area contributed by atoms with Crippen LogP contribution in [0.15, 0.2) is 24.4 Å². The maximum absolute atomic E-state index is 12.8. The Kier molecular flexibility index (Phi) is 5.75. The Bertz CT molecular complexity index is 991. The summed E-state index contributed by atoms with van der Waals surface area (Å²) in [6.07, 6.45) is 6.11. The molecule has 0 atom stereocenters. The summed E-state index contributed by atoms with van der Waals surface area (Å²) in [7, 11) is 0. The fourth-order valence-electron chi connectivity index (χ4n) is 4.38. The summed E-state index contributed by atoms with van der Waals surface area (Å²) in [6.45, 7) is 4.32. The first-order valence-electron chi connectivity index (χ1n) is 10.8. The van der Waals surface area contributed by atoms with Crippen LogP contribution in [0.25, 0.3) is 5.82 Å². The van der Waals surface area contributed by atoms with Gasteiger partial charge in [0.05, 0.1) is 5.69 Å². The summed E-state index contributed by atoms with van der Waals surface area (Å²) in [4.78, 5) is 42.9. The van der Waals surface area contributed by atoms with Gasteiger partial charge < -0.3 is 10.6 Å². The summed E-state index contributed by atoms with van der Waals surface area (Å²) in [5.41, 5.74) is 2.04.